The third-order valence-electron chi connectivity index (χ3n) is 3.29. The number of H-pyrrole nitrogens is 1. The zero-order chi connectivity index (χ0) is 16.5. The first-order valence-corrected chi connectivity index (χ1v) is 7.50. The van der Waals surface area contributed by atoms with Gasteiger partial charge in [0.2, 0.25) is 5.91 Å². The summed E-state index contributed by atoms with van der Waals surface area (Å²) in [6.07, 6.45) is 2.62. The Morgan fingerprint density at radius 2 is 2.00 bits per heavy atom. The lowest BCUT2D eigenvalue weighted by molar-refractivity contribution is -0.126. The molecule has 0 spiro atoms. The highest BCUT2D eigenvalue weighted by Crippen LogP contribution is 2.15. The van der Waals surface area contributed by atoms with Crippen molar-refractivity contribution < 1.29 is 9.59 Å². The van der Waals surface area contributed by atoms with Crippen LogP contribution in [0.3, 0.4) is 0 Å². The number of nitrogens with one attached hydrogen (secondary N) is 4. The summed E-state index contributed by atoms with van der Waals surface area (Å²) in [6, 6.07) is 10.0. The Labute approximate surface area is 134 Å². The van der Waals surface area contributed by atoms with Crippen LogP contribution in [0.25, 0.3) is 0 Å². The third-order valence-corrected chi connectivity index (χ3v) is 3.29. The molecule has 7 nitrogen and oxygen atoms in total. The first-order chi connectivity index (χ1) is 11.2. The van der Waals surface area contributed by atoms with E-state index < -0.39 is 6.04 Å². The number of benzene rings is 1. The number of carbonyl (C=O) groups excluding carboxylic acids is 2. The van der Waals surface area contributed by atoms with Crippen molar-refractivity contribution in [3.8, 4) is 0 Å². The molecule has 2 rings (SSSR count). The predicted molar refractivity (Wildman–Crippen MR) is 87.7 cm³/mol. The first kappa shape index (κ1) is 16.7. The summed E-state index contributed by atoms with van der Waals surface area (Å²) in [5.74, 6) is 0.0108. The molecule has 7 heteroatoms. The Kier molecular flexibility index (Phi) is 6.31. The lowest BCUT2D eigenvalue weighted by atomic mass is 10.1. The first-order valence-electron chi connectivity index (χ1n) is 7.50. The fourth-order valence-electron chi connectivity index (χ4n) is 2.14. The van der Waals surface area contributed by atoms with Crippen LogP contribution < -0.4 is 16.0 Å². The smallest absolute Gasteiger partial charge is 0.252 e. The molecule has 0 aliphatic rings. The molecule has 0 bridgehead atoms. The van der Waals surface area contributed by atoms with Crippen LogP contribution in [-0.2, 0) is 9.59 Å². The Morgan fingerprint density at radius 3 is 2.65 bits per heavy atom. The summed E-state index contributed by atoms with van der Waals surface area (Å²) in [6.45, 7) is 0.754. The number of carbonyl (C=O) groups is 2. The molecule has 4 N–H and O–H groups in total. The number of nitrogens with zero attached hydrogens (tertiary/aromatic N) is 1. The van der Waals surface area contributed by atoms with Crippen molar-refractivity contribution in [3.63, 3.8) is 0 Å². The Hall–Kier alpha value is -2.67. The molecule has 23 heavy (non-hydrogen) atoms. The van der Waals surface area contributed by atoms with Crippen LogP contribution in [0.2, 0.25) is 0 Å². The van der Waals surface area contributed by atoms with Crippen molar-refractivity contribution in [2.45, 2.75) is 18.9 Å². The van der Waals surface area contributed by atoms with E-state index in [2.05, 4.69) is 26.1 Å². The minimum atomic E-state index is -0.749. The molecular weight excluding hydrogens is 294 g/mol. The SMILES string of the molecule is CNCCCC(=O)NC(C(=O)Nc1ccn[nH]1)c1ccccc1. The summed E-state index contributed by atoms with van der Waals surface area (Å²) in [5, 5.41) is 14.9. The zero-order valence-electron chi connectivity index (χ0n) is 13.0. The lowest BCUT2D eigenvalue weighted by Gasteiger charge is -2.18. The molecule has 0 saturated carbocycles. The second kappa shape index (κ2) is 8.70. The fourth-order valence-corrected chi connectivity index (χ4v) is 2.14. The predicted octanol–water partition coefficient (Wildman–Crippen LogP) is 1.21. The van der Waals surface area contributed by atoms with Crippen molar-refractivity contribution >= 4 is 17.6 Å². The van der Waals surface area contributed by atoms with Gasteiger partial charge in [0.05, 0.1) is 6.20 Å². The summed E-state index contributed by atoms with van der Waals surface area (Å²) in [5.41, 5.74) is 0.728. The maximum Gasteiger partial charge on any atom is 0.252 e. The van der Waals surface area contributed by atoms with Crippen LogP contribution in [0, 0.1) is 0 Å². The number of rotatable bonds is 8. The van der Waals surface area contributed by atoms with E-state index in [-0.39, 0.29) is 11.8 Å². The standard InChI is InChI=1S/C16H21N5O2/c1-17-10-5-8-14(22)20-15(12-6-3-2-4-7-12)16(23)19-13-9-11-18-21-13/h2-4,6-7,9,11,15,17H,5,8,10H2,1H3,(H,20,22)(H2,18,19,21,23). The molecule has 122 valence electrons. The normalized spacial score (nSPS) is 11.7. The monoisotopic (exact) mass is 315 g/mol. The maximum atomic E-state index is 12.5. The van der Waals surface area contributed by atoms with Crippen molar-refractivity contribution in [2.24, 2.45) is 0 Å². The summed E-state index contributed by atoms with van der Waals surface area (Å²) in [7, 11) is 1.84. The van der Waals surface area contributed by atoms with Crippen LogP contribution in [0.1, 0.15) is 24.4 Å². The molecule has 1 atom stereocenters. The second-order valence-corrected chi connectivity index (χ2v) is 5.08. The van der Waals surface area contributed by atoms with Crippen LogP contribution in [0.5, 0.6) is 0 Å². The Morgan fingerprint density at radius 1 is 1.22 bits per heavy atom. The average molecular weight is 315 g/mol. The molecule has 0 aliphatic carbocycles. The van der Waals surface area contributed by atoms with Crippen molar-refractivity contribution in [2.75, 3.05) is 18.9 Å². The van der Waals surface area contributed by atoms with Gasteiger partial charge in [-0.1, -0.05) is 30.3 Å². The maximum absolute atomic E-state index is 12.5. The van der Waals surface area contributed by atoms with Gasteiger partial charge in [-0.15, -0.1) is 0 Å². The Bertz CT molecular complexity index is 613. The fraction of sp³-hybridized carbons (Fsp3) is 0.312. The quantitative estimate of drug-likeness (QED) is 0.550. The molecule has 1 aromatic carbocycles. The molecule has 1 heterocycles. The van der Waals surface area contributed by atoms with E-state index in [0.717, 1.165) is 12.1 Å². The highest BCUT2D eigenvalue weighted by atomic mass is 16.2. The molecule has 0 fully saturated rings. The van der Waals surface area contributed by atoms with Crippen molar-refractivity contribution in [1.82, 2.24) is 20.8 Å². The molecule has 0 radical (unpaired) electrons. The van der Waals surface area contributed by atoms with E-state index >= 15 is 0 Å². The number of anilines is 1. The van der Waals surface area contributed by atoms with Gasteiger partial charge in [-0.2, -0.15) is 5.10 Å². The van der Waals surface area contributed by atoms with E-state index in [1.54, 1.807) is 12.3 Å². The number of amides is 2. The zero-order valence-corrected chi connectivity index (χ0v) is 13.0. The van der Waals surface area contributed by atoms with Gasteiger partial charge < -0.3 is 16.0 Å². The highest BCUT2D eigenvalue weighted by Gasteiger charge is 2.22. The van der Waals surface area contributed by atoms with Gasteiger partial charge in [0.15, 0.2) is 0 Å². The van der Waals surface area contributed by atoms with E-state index in [1.165, 1.54) is 0 Å². The van der Waals surface area contributed by atoms with Crippen LogP contribution in [-0.4, -0.2) is 35.6 Å². The third kappa shape index (κ3) is 5.23. The highest BCUT2D eigenvalue weighted by molar-refractivity contribution is 5.97. The van der Waals surface area contributed by atoms with Gasteiger partial charge >= 0.3 is 0 Å². The van der Waals surface area contributed by atoms with Crippen molar-refractivity contribution in [1.29, 1.82) is 0 Å². The van der Waals surface area contributed by atoms with E-state index in [4.69, 9.17) is 0 Å². The Balaban J connectivity index is 2.06. The number of aromatic amines is 1. The summed E-state index contributed by atoms with van der Waals surface area (Å²) >= 11 is 0. The van der Waals surface area contributed by atoms with Gasteiger partial charge in [0, 0.05) is 12.5 Å². The molecular formula is C16H21N5O2. The number of hydrogen-bond acceptors (Lipinski definition) is 4. The van der Waals surface area contributed by atoms with Gasteiger partial charge in [-0.3, -0.25) is 14.7 Å². The molecule has 0 aliphatic heterocycles. The van der Waals surface area contributed by atoms with Gasteiger partial charge in [0.1, 0.15) is 11.9 Å². The number of hydrogen-bond donors (Lipinski definition) is 4. The van der Waals surface area contributed by atoms with E-state index in [1.807, 2.05) is 37.4 Å². The molecule has 2 aromatic rings. The van der Waals surface area contributed by atoms with Crippen LogP contribution >= 0.6 is 0 Å². The largest absolute Gasteiger partial charge is 0.341 e. The second-order valence-electron chi connectivity index (χ2n) is 5.08. The number of aromatic nitrogens is 2. The topological polar surface area (TPSA) is 98.9 Å². The minimum absolute atomic E-state index is 0.158. The molecule has 1 aromatic heterocycles. The van der Waals surface area contributed by atoms with Gasteiger partial charge in [-0.25, -0.2) is 0 Å². The van der Waals surface area contributed by atoms with E-state index in [9.17, 15) is 9.59 Å². The van der Waals surface area contributed by atoms with Gasteiger partial charge in [-0.05, 0) is 25.6 Å². The van der Waals surface area contributed by atoms with E-state index in [0.29, 0.717) is 18.7 Å². The summed E-state index contributed by atoms with van der Waals surface area (Å²) < 4.78 is 0. The molecule has 1 unspecified atom stereocenters. The summed E-state index contributed by atoms with van der Waals surface area (Å²) in [4.78, 5) is 24.6. The molecule has 0 saturated heterocycles. The lowest BCUT2D eigenvalue weighted by Crippen LogP contribution is -2.37. The van der Waals surface area contributed by atoms with Crippen molar-refractivity contribution in [3.05, 3.63) is 48.2 Å². The molecule has 2 amide bonds. The average Bonchev–Trinajstić information content (AvgIpc) is 3.06. The van der Waals surface area contributed by atoms with Crippen LogP contribution in [0.4, 0.5) is 5.82 Å². The minimum Gasteiger partial charge on any atom is -0.341 e. The van der Waals surface area contributed by atoms with Gasteiger partial charge in [0.25, 0.3) is 5.91 Å². The van der Waals surface area contributed by atoms with Crippen LogP contribution in [0.15, 0.2) is 42.6 Å².